The van der Waals surface area contributed by atoms with Crippen molar-refractivity contribution in [3.05, 3.63) is 36.5 Å². The largest absolute Gasteiger partial charge is 0.394 e. The Kier molecular flexibility index (Phi) is 3.74. The Hall–Kier alpha value is -2.14. The third-order valence-electron chi connectivity index (χ3n) is 2.53. The van der Waals surface area contributed by atoms with Crippen LogP contribution in [0.15, 0.2) is 36.5 Å². The predicted octanol–water partition coefficient (Wildman–Crippen LogP) is 1.74. The van der Waals surface area contributed by atoms with Crippen molar-refractivity contribution >= 4 is 22.6 Å². The molecule has 1 aromatic carbocycles. The van der Waals surface area contributed by atoms with Crippen LogP contribution >= 0.6 is 0 Å². The molecule has 5 nitrogen and oxygen atoms in total. The highest BCUT2D eigenvalue weighted by Crippen LogP contribution is 2.20. The van der Waals surface area contributed by atoms with Gasteiger partial charge in [-0.1, -0.05) is 18.2 Å². The summed E-state index contributed by atoms with van der Waals surface area (Å²) in [5, 5.41) is 15.2. The lowest BCUT2D eigenvalue weighted by atomic mass is 10.2. The highest BCUT2D eigenvalue weighted by Gasteiger charge is 2.08. The molecule has 1 heterocycles. The minimum absolute atomic E-state index is 0.0960. The van der Waals surface area contributed by atoms with Crippen LogP contribution in [0.25, 0.3) is 10.9 Å². The van der Waals surface area contributed by atoms with Crippen LogP contribution in [-0.2, 0) is 0 Å². The molecular formula is C13H15N3O2. The number of para-hydroxylation sites is 1. The summed E-state index contributed by atoms with van der Waals surface area (Å²) in [4.78, 5) is 15.9. The van der Waals surface area contributed by atoms with E-state index in [-0.39, 0.29) is 18.7 Å². The minimum atomic E-state index is -0.352. The number of urea groups is 1. The first-order chi connectivity index (χ1) is 8.70. The monoisotopic (exact) mass is 245 g/mol. The first-order valence-electron chi connectivity index (χ1n) is 5.73. The van der Waals surface area contributed by atoms with E-state index < -0.39 is 0 Å². The molecule has 94 valence electrons. The van der Waals surface area contributed by atoms with Crippen molar-refractivity contribution in [1.82, 2.24) is 10.3 Å². The van der Waals surface area contributed by atoms with Gasteiger partial charge < -0.3 is 15.7 Å². The fraction of sp³-hybridized carbons (Fsp3) is 0.231. The third kappa shape index (κ3) is 2.75. The molecule has 0 spiro atoms. The maximum atomic E-state index is 11.7. The van der Waals surface area contributed by atoms with E-state index in [1.165, 1.54) is 0 Å². The summed E-state index contributed by atoms with van der Waals surface area (Å²) in [5.74, 6) is 0. The van der Waals surface area contributed by atoms with Crippen LogP contribution in [0.3, 0.4) is 0 Å². The van der Waals surface area contributed by atoms with Crippen molar-refractivity contribution in [3.8, 4) is 0 Å². The molecule has 3 N–H and O–H groups in total. The number of pyridine rings is 1. The lowest BCUT2D eigenvalue weighted by Gasteiger charge is -2.12. The van der Waals surface area contributed by atoms with Crippen LogP contribution in [0.5, 0.6) is 0 Å². The fourth-order valence-corrected chi connectivity index (χ4v) is 1.63. The Labute approximate surface area is 105 Å². The Morgan fingerprint density at radius 1 is 1.39 bits per heavy atom. The zero-order chi connectivity index (χ0) is 13.0. The molecule has 0 aliphatic rings. The topological polar surface area (TPSA) is 74.2 Å². The molecule has 0 aliphatic carbocycles. The predicted molar refractivity (Wildman–Crippen MR) is 70.4 cm³/mol. The van der Waals surface area contributed by atoms with Gasteiger partial charge in [0.15, 0.2) is 0 Å². The van der Waals surface area contributed by atoms with Gasteiger partial charge in [0.25, 0.3) is 0 Å². The van der Waals surface area contributed by atoms with E-state index in [2.05, 4.69) is 15.6 Å². The smallest absolute Gasteiger partial charge is 0.319 e. The first-order valence-corrected chi connectivity index (χ1v) is 5.73. The number of hydrogen-bond acceptors (Lipinski definition) is 3. The maximum Gasteiger partial charge on any atom is 0.319 e. The lowest BCUT2D eigenvalue weighted by molar-refractivity contribution is 0.229. The van der Waals surface area contributed by atoms with Gasteiger partial charge in [-0.15, -0.1) is 0 Å². The number of aromatic nitrogens is 1. The van der Waals surface area contributed by atoms with Gasteiger partial charge >= 0.3 is 6.03 Å². The van der Waals surface area contributed by atoms with Crippen LogP contribution < -0.4 is 10.6 Å². The van der Waals surface area contributed by atoms with E-state index in [9.17, 15) is 4.79 Å². The highest BCUT2D eigenvalue weighted by atomic mass is 16.3. The number of carbonyl (C=O) groups excluding carboxylic acids is 1. The average molecular weight is 245 g/mol. The number of rotatable bonds is 3. The zero-order valence-corrected chi connectivity index (χ0v) is 10.1. The molecule has 0 fully saturated rings. The number of amides is 2. The molecule has 18 heavy (non-hydrogen) atoms. The van der Waals surface area contributed by atoms with Crippen molar-refractivity contribution in [1.29, 1.82) is 0 Å². The lowest BCUT2D eigenvalue weighted by Crippen LogP contribution is -2.38. The molecule has 0 bridgehead atoms. The van der Waals surface area contributed by atoms with E-state index >= 15 is 0 Å². The summed E-state index contributed by atoms with van der Waals surface area (Å²) < 4.78 is 0. The first kappa shape index (κ1) is 12.3. The Morgan fingerprint density at radius 2 is 2.17 bits per heavy atom. The third-order valence-corrected chi connectivity index (χ3v) is 2.53. The minimum Gasteiger partial charge on any atom is -0.394 e. The molecule has 2 aromatic rings. The van der Waals surface area contributed by atoms with Crippen molar-refractivity contribution < 1.29 is 9.90 Å². The van der Waals surface area contributed by atoms with Crippen LogP contribution in [0.1, 0.15) is 6.92 Å². The molecule has 1 aromatic heterocycles. The van der Waals surface area contributed by atoms with Crippen molar-refractivity contribution in [2.45, 2.75) is 13.0 Å². The van der Waals surface area contributed by atoms with Crippen LogP contribution in [0, 0.1) is 0 Å². The second-order valence-corrected chi connectivity index (χ2v) is 4.06. The number of hydrogen-bond donors (Lipinski definition) is 3. The van der Waals surface area contributed by atoms with E-state index in [0.717, 1.165) is 10.9 Å². The number of anilines is 1. The molecule has 1 atom stereocenters. The van der Waals surface area contributed by atoms with E-state index in [1.54, 1.807) is 19.2 Å². The molecule has 2 amide bonds. The van der Waals surface area contributed by atoms with E-state index in [0.29, 0.717) is 5.69 Å². The second-order valence-electron chi connectivity index (χ2n) is 4.06. The molecule has 0 aliphatic heterocycles. The van der Waals surface area contributed by atoms with Crippen molar-refractivity contribution in [2.24, 2.45) is 0 Å². The van der Waals surface area contributed by atoms with Gasteiger partial charge in [0.1, 0.15) is 0 Å². The van der Waals surface area contributed by atoms with Gasteiger partial charge in [0.05, 0.1) is 23.9 Å². The summed E-state index contributed by atoms with van der Waals surface area (Å²) in [6.07, 6.45) is 1.68. The summed E-state index contributed by atoms with van der Waals surface area (Å²) in [5.41, 5.74) is 1.39. The Balaban J connectivity index is 2.19. The van der Waals surface area contributed by atoms with Crippen molar-refractivity contribution in [2.75, 3.05) is 11.9 Å². The molecule has 0 saturated heterocycles. The van der Waals surface area contributed by atoms with Crippen LogP contribution in [0.2, 0.25) is 0 Å². The van der Waals surface area contributed by atoms with Gasteiger partial charge in [-0.25, -0.2) is 4.79 Å². The summed E-state index contributed by atoms with van der Waals surface area (Å²) in [6.45, 7) is 1.63. The molecule has 0 radical (unpaired) electrons. The number of nitrogens with zero attached hydrogens (tertiary/aromatic N) is 1. The molecular weight excluding hydrogens is 230 g/mol. The number of benzene rings is 1. The van der Waals surface area contributed by atoms with Gasteiger partial charge in [-0.05, 0) is 19.1 Å². The van der Waals surface area contributed by atoms with Gasteiger partial charge in [-0.3, -0.25) is 4.98 Å². The summed E-state index contributed by atoms with van der Waals surface area (Å²) in [7, 11) is 0. The number of aliphatic hydroxyl groups is 1. The Morgan fingerprint density at radius 3 is 2.94 bits per heavy atom. The van der Waals surface area contributed by atoms with Crippen LogP contribution in [0.4, 0.5) is 10.5 Å². The molecule has 2 rings (SSSR count). The fourth-order valence-electron chi connectivity index (χ4n) is 1.63. The van der Waals surface area contributed by atoms with Gasteiger partial charge in [0, 0.05) is 11.6 Å². The number of fused-ring (bicyclic) bond motifs is 1. The second kappa shape index (κ2) is 5.46. The van der Waals surface area contributed by atoms with E-state index in [1.807, 2.05) is 24.3 Å². The molecule has 0 saturated carbocycles. The quantitative estimate of drug-likeness (QED) is 0.771. The van der Waals surface area contributed by atoms with E-state index in [4.69, 9.17) is 5.11 Å². The Bertz CT molecular complexity index is 551. The van der Waals surface area contributed by atoms with Gasteiger partial charge in [0.2, 0.25) is 0 Å². The molecule has 1 unspecified atom stereocenters. The zero-order valence-electron chi connectivity index (χ0n) is 10.1. The standard InChI is InChI=1S/C13H15N3O2/c1-9(8-17)15-13(18)16-11-6-2-4-10-5-3-7-14-12(10)11/h2-7,9,17H,8H2,1H3,(H2,15,16,18). The SMILES string of the molecule is CC(CO)NC(=O)Nc1cccc2cccnc12. The van der Waals surface area contributed by atoms with Crippen LogP contribution in [-0.4, -0.2) is 28.8 Å². The number of nitrogens with one attached hydrogen (secondary N) is 2. The normalized spacial score (nSPS) is 12.1. The van der Waals surface area contributed by atoms with Crippen molar-refractivity contribution in [3.63, 3.8) is 0 Å². The number of carbonyl (C=O) groups is 1. The number of aliphatic hydroxyl groups excluding tert-OH is 1. The average Bonchev–Trinajstić information content (AvgIpc) is 2.39. The highest BCUT2D eigenvalue weighted by molar-refractivity contribution is 5.99. The summed E-state index contributed by atoms with van der Waals surface area (Å²) >= 11 is 0. The maximum absolute atomic E-state index is 11.7. The summed E-state index contributed by atoms with van der Waals surface area (Å²) in [6, 6.07) is 8.72. The molecule has 5 heteroatoms. The van der Waals surface area contributed by atoms with Gasteiger partial charge in [-0.2, -0.15) is 0 Å².